The van der Waals surface area contributed by atoms with Crippen molar-refractivity contribution < 1.29 is 9.53 Å². The Hall–Kier alpha value is -1.88. The fourth-order valence-corrected chi connectivity index (χ4v) is 2.50. The predicted octanol–water partition coefficient (Wildman–Crippen LogP) is 3.12. The molecule has 1 aromatic heterocycles. The Morgan fingerprint density at radius 2 is 2.15 bits per heavy atom. The zero-order valence-electron chi connectivity index (χ0n) is 11.9. The van der Waals surface area contributed by atoms with Crippen LogP contribution in [0.25, 0.3) is 0 Å². The predicted molar refractivity (Wildman–Crippen MR) is 80.3 cm³/mol. The summed E-state index contributed by atoms with van der Waals surface area (Å²) in [5.74, 6) is 0.754. The second-order valence-corrected chi connectivity index (χ2v) is 5.52. The summed E-state index contributed by atoms with van der Waals surface area (Å²) in [7, 11) is 1.78. The van der Waals surface area contributed by atoms with Gasteiger partial charge < -0.3 is 9.64 Å². The highest BCUT2D eigenvalue weighted by Crippen LogP contribution is 2.20. The fourth-order valence-electron chi connectivity index (χ4n) is 1.92. The van der Waals surface area contributed by atoms with Crippen molar-refractivity contribution in [3.05, 3.63) is 45.9 Å². The van der Waals surface area contributed by atoms with Crippen molar-refractivity contribution in [2.45, 2.75) is 20.4 Å². The highest BCUT2D eigenvalue weighted by Gasteiger charge is 2.16. The molecule has 1 aromatic carbocycles. The molecular weight excluding hydrogens is 272 g/mol. The van der Waals surface area contributed by atoms with E-state index in [-0.39, 0.29) is 5.91 Å². The molecule has 0 spiro atoms. The van der Waals surface area contributed by atoms with Crippen molar-refractivity contribution in [1.82, 2.24) is 9.88 Å². The summed E-state index contributed by atoms with van der Waals surface area (Å²) in [6.45, 7) is 4.96. The number of carbonyl (C=O) groups is 1. The summed E-state index contributed by atoms with van der Waals surface area (Å²) in [6, 6.07) is 7.77. The molecule has 0 N–H and O–H groups in total. The van der Waals surface area contributed by atoms with Crippen LogP contribution >= 0.6 is 11.3 Å². The Morgan fingerprint density at radius 3 is 2.80 bits per heavy atom. The Kier molecular flexibility index (Phi) is 4.74. The molecule has 106 valence electrons. The van der Waals surface area contributed by atoms with Crippen LogP contribution < -0.4 is 4.74 Å². The maximum atomic E-state index is 12.3. The average Bonchev–Trinajstić information content (AvgIpc) is 2.87. The second kappa shape index (κ2) is 6.52. The van der Waals surface area contributed by atoms with Gasteiger partial charge in [0.1, 0.15) is 11.4 Å². The van der Waals surface area contributed by atoms with E-state index < -0.39 is 0 Å². The van der Waals surface area contributed by atoms with Gasteiger partial charge in [0.15, 0.2) is 0 Å². The van der Waals surface area contributed by atoms with Crippen LogP contribution in [0.3, 0.4) is 0 Å². The molecule has 0 aliphatic heterocycles. The van der Waals surface area contributed by atoms with Crippen LogP contribution in [0, 0.1) is 6.92 Å². The van der Waals surface area contributed by atoms with Gasteiger partial charge in [0.25, 0.3) is 5.91 Å². The standard InChI is InChI=1S/C15H18N2O2S/c1-4-19-14-8-6-5-7-12(14)9-17(3)15(18)13-10-20-11(2)16-13/h5-8,10H,4,9H2,1-3H3. The van der Waals surface area contributed by atoms with Crippen LogP contribution in [0.4, 0.5) is 0 Å². The van der Waals surface area contributed by atoms with Gasteiger partial charge in [-0.2, -0.15) is 0 Å². The molecule has 0 aliphatic rings. The normalized spacial score (nSPS) is 10.3. The smallest absolute Gasteiger partial charge is 0.273 e. The third-order valence-corrected chi connectivity index (χ3v) is 3.64. The van der Waals surface area contributed by atoms with Crippen molar-refractivity contribution in [2.75, 3.05) is 13.7 Å². The maximum Gasteiger partial charge on any atom is 0.273 e. The van der Waals surface area contributed by atoms with Gasteiger partial charge in [-0.1, -0.05) is 18.2 Å². The first kappa shape index (κ1) is 14.5. The Morgan fingerprint density at radius 1 is 1.40 bits per heavy atom. The van der Waals surface area contributed by atoms with Gasteiger partial charge >= 0.3 is 0 Å². The van der Waals surface area contributed by atoms with Gasteiger partial charge in [-0.15, -0.1) is 11.3 Å². The van der Waals surface area contributed by atoms with E-state index in [0.29, 0.717) is 18.8 Å². The molecule has 0 aliphatic carbocycles. The molecule has 0 unspecified atom stereocenters. The van der Waals surface area contributed by atoms with E-state index in [2.05, 4.69) is 4.98 Å². The highest BCUT2D eigenvalue weighted by molar-refractivity contribution is 7.09. The zero-order chi connectivity index (χ0) is 14.5. The number of rotatable bonds is 5. The van der Waals surface area contributed by atoms with Crippen LogP contribution in [0.5, 0.6) is 5.75 Å². The van der Waals surface area contributed by atoms with Gasteiger partial charge in [0.2, 0.25) is 0 Å². The third kappa shape index (κ3) is 3.36. The van der Waals surface area contributed by atoms with Crippen LogP contribution in [0.2, 0.25) is 0 Å². The van der Waals surface area contributed by atoms with Gasteiger partial charge in [-0.05, 0) is 19.9 Å². The largest absolute Gasteiger partial charge is 0.494 e. The molecule has 1 heterocycles. The molecule has 20 heavy (non-hydrogen) atoms. The minimum Gasteiger partial charge on any atom is -0.494 e. The molecule has 0 radical (unpaired) electrons. The zero-order valence-corrected chi connectivity index (χ0v) is 12.7. The molecule has 0 fully saturated rings. The second-order valence-electron chi connectivity index (χ2n) is 4.45. The Bertz CT molecular complexity index is 595. The van der Waals surface area contributed by atoms with E-state index in [0.717, 1.165) is 16.3 Å². The number of aryl methyl sites for hydroxylation is 1. The molecule has 4 nitrogen and oxygen atoms in total. The summed E-state index contributed by atoms with van der Waals surface area (Å²) < 4.78 is 5.58. The lowest BCUT2D eigenvalue weighted by molar-refractivity contribution is 0.0779. The van der Waals surface area contributed by atoms with E-state index in [9.17, 15) is 4.79 Å². The molecule has 5 heteroatoms. The molecule has 0 bridgehead atoms. The number of ether oxygens (including phenoxy) is 1. The van der Waals surface area contributed by atoms with E-state index in [1.54, 1.807) is 17.3 Å². The van der Waals surface area contributed by atoms with Crippen molar-refractivity contribution in [3.63, 3.8) is 0 Å². The lowest BCUT2D eigenvalue weighted by Gasteiger charge is -2.18. The van der Waals surface area contributed by atoms with Crippen LogP contribution in [-0.2, 0) is 6.54 Å². The maximum absolute atomic E-state index is 12.3. The molecule has 0 saturated carbocycles. The van der Waals surface area contributed by atoms with Crippen LogP contribution in [-0.4, -0.2) is 29.4 Å². The van der Waals surface area contributed by atoms with Crippen molar-refractivity contribution in [3.8, 4) is 5.75 Å². The van der Waals surface area contributed by atoms with Crippen LogP contribution in [0.1, 0.15) is 28.0 Å². The van der Waals surface area contributed by atoms with Gasteiger partial charge in [0.05, 0.1) is 11.6 Å². The third-order valence-electron chi connectivity index (χ3n) is 2.86. The summed E-state index contributed by atoms with van der Waals surface area (Å²) in [5.41, 5.74) is 1.50. The summed E-state index contributed by atoms with van der Waals surface area (Å²) in [5, 5.41) is 2.69. The number of hydrogen-bond donors (Lipinski definition) is 0. The van der Waals surface area contributed by atoms with Gasteiger partial charge in [0, 0.05) is 24.5 Å². The number of para-hydroxylation sites is 1. The van der Waals surface area contributed by atoms with E-state index in [4.69, 9.17) is 4.74 Å². The lowest BCUT2D eigenvalue weighted by Crippen LogP contribution is -2.26. The Balaban J connectivity index is 2.11. The number of amides is 1. The number of nitrogens with zero attached hydrogens (tertiary/aromatic N) is 2. The quantitative estimate of drug-likeness (QED) is 0.849. The van der Waals surface area contributed by atoms with Crippen molar-refractivity contribution >= 4 is 17.2 Å². The molecule has 0 atom stereocenters. The molecule has 2 aromatic rings. The van der Waals surface area contributed by atoms with E-state index in [1.165, 1.54) is 11.3 Å². The number of hydrogen-bond acceptors (Lipinski definition) is 4. The minimum atomic E-state index is -0.0688. The number of carbonyl (C=O) groups excluding carboxylic acids is 1. The monoisotopic (exact) mass is 290 g/mol. The highest BCUT2D eigenvalue weighted by atomic mass is 32.1. The van der Waals surface area contributed by atoms with Crippen molar-refractivity contribution in [2.24, 2.45) is 0 Å². The Labute approximate surface area is 123 Å². The average molecular weight is 290 g/mol. The van der Waals surface area contributed by atoms with Gasteiger partial charge in [-0.25, -0.2) is 4.98 Å². The van der Waals surface area contributed by atoms with E-state index in [1.807, 2.05) is 38.1 Å². The first-order chi connectivity index (χ1) is 9.61. The fraction of sp³-hybridized carbons (Fsp3) is 0.333. The first-order valence-electron chi connectivity index (χ1n) is 6.50. The number of thiazole rings is 1. The molecular formula is C15H18N2O2S. The summed E-state index contributed by atoms with van der Waals surface area (Å²) >= 11 is 1.48. The SMILES string of the molecule is CCOc1ccccc1CN(C)C(=O)c1csc(C)n1. The molecule has 0 saturated heterocycles. The first-order valence-corrected chi connectivity index (χ1v) is 7.38. The summed E-state index contributed by atoms with van der Waals surface area (Å²) in [4.78, 5) is 18.1. The number of aromatic nitrogens is 1. The molecule has 2 rings (SSSR count). The number of benzene rings is 1. The van der Waals surface area contributed by atoms with Crippen LogP contribution in [0.15, 0.2) is 29.6 Å². The minimum absolute atomic E-state index is 0.0688. The summed E-state index contributed by atoms with van der Waals surface area (Å²) in [6.07, 6.45) is 0. The topological polar surface area (TPSA) is 42.4 Å². The van der Waals surface area contributed by atoms with E-state index >= 15 is 0 Å². The lowest BCUT2D eigenvalue weighted by atomic mass is 10.2. The van der Waals surface area contributed by atoms with Gasteiger partial charge in [-0.3, -0.25) is 4.79 Å². The van der Waals surface area contributed by atoms with Crippen molar-refractivity contribution in [1.29, 1.82) is 0 Å². The molecule has 1 amide bonds.